The number of fused-ring (bicyclic) bond motifs is 1. The van der Waals surface area contributed by atoms with E-state index in [1.807, 2.05) is 30.5 Å². The molecule has 2 aromatic carbocycles. The Bertz CT molecular complexity index is 765. The molecule has 0 saturated carbocycles. The summed E-state index contributed by atoms with van der Waals surface area (Å²) >= 11 is 0. The minimum Gasteiger partial charge on any atom is -0.399 e. The van der Waals surface area contributed by atoms with Crippen molar-refractivity contribution in [3.8, 4) is 0 Å². The van der Waals surface area contributed by atoms with Gasteiger partial charge in [0.2, 0.25) is 0 Å². The molecular formula is C17H17N3. The van der Waals surface area contributed by atoms with Crippen LogP contribution < -0.4 is 10.6 Å². The summed E-state index contributed by atoms with van der Waals surface area (Å²) in [5, 5.41) is 1.10. The minimum atomic E-state index is 0.737. The molecule has 3 heteroatoms. The fraction of sp³-hybridized carbons (Fsp3) is 0.118. The molecule has 0 amide bonds. The lowest BCUT2D eigenvalue weighted by Gasteiger charge is -2.23. The maximum atomic E-state index is 5.83. The highest BCUT2D eigenvalue weighted by Crippen LogP contribution is 2.32. The van der Waals surface area contributed by atoms with Gasteiger partial charge >= 0.3 is 0 Å². The van der Waals surface area contributed by atoms with E-state index in [-0.39, 0.29) is 0 Å². The van der Waals surface area contributed by atoms with Crippen LogP contribution in [0.15, 0.2) is 54.7 Å². The van der Waals surface area contributed by atoms with Crippen molar-refractivity contribution < 1.29 is 0 Å². The quantitative estimate of drug-likeness (QED) is 0.713. The summed E-state index contributed by atoms with van der Waals surface area (Å²) in [4.78, 5) is 6.58. The van der Waals surface area contributed by atoms with Crippen molar-refractivity contribution in [2.24, 2.45) is 0 Å². The number of pyridine rings is 1. The molecule has 0 unspecified atom stereocenters. The van der Waals surface area contributed by atoms with Gasteiger partial charge in [-0.05, 0) is 42.8 Å². The molecule has 3 rings (SSSR count). The van der Waals surface area contributed by atoms with Crippen molar-refractivity contribution in [3.63, 3.8) is 0 Å². The Morgan fingerprint density at radius 3 is 2.60 bits per heavy atom. The molecule has 0 aliphatic heterocycles. The monoisotopic (exact) mass is 263 g/mol. The van der Waals surface area contributed by atoms with Gasteiger partial charge in [-0.1, -0.05) is 18.2 Å². The largest absolute Gasteiger partial charge is 0.399 e. The first-order valence-electron chi connectivity index (χ1n) is 6.60. The summed E-state index contributed by atoms with van der Waals surface area (Å²) in [5.74, 6) is 0. The van der Waals surface area contributed by atoms with Gasteiger partial charge in [-0.15, -0.1) is 0 Å². The molecule has 1 aromatic heterocycles. The third-order valence-corrected chi connectivity index (χ3v) is 3.58. The summed E-state index contributed by atoms with van der Waals surface area (Å²) in [7, 11) is 2.08. The van der Waals surface area contributed by atoms with E-state index >= 15 is 0 Å². The van der Waals surface area contributed by atoms with Crippen LogP contribution in [0.1, 0.15) is 5.56 Å². The average Bonchev–Trinajstić information content (AvgIpc) is 2.46. The Morgan fingerprint density at radius 1 is 1.00 bits per heavy atom. The van der Waals surface area contributed by atoms with Gasteiger partial charge in [0.15, 0.2) is 0 Å². The summed E-state index contributed by atoms with van der Waals surface area (Å²) < 4.78 is 0. The van der Waals surface area contributed by atoms with Gasteiger partial charge in [0.1, 0.15) is 0 Å². The number of nitrogens with two attached hydrogens (primary N) is 1. The van der Waals surface area contributed by atoms with E-state index in [0.717, 1.165) is 22.3 Å². The number of benzene rings is 2. The number of nitrogen functional groups attached to an aromatic ring is 1. The lowest BCUT2D eigenvalue weighted by molar-refractivity contribution is 1.19. The lowest BCUT2D eigenvalue weighted by Crippen LogP contribution is -2.11. The SMILES string of the molecule is Cc1ccccc1N(C)c1ccnc2cc(N)ccc12. The maximum Gasteiger partial charge on any atom is 0.0743 e. The summed E-state index contributed by atoms with van der Waals surface area (Å²) in [6.45, 7) is 2.12. The Morgan fingerprint density at radius 2 is 1.80 bits per heavy atom. The van der Waals surface area contributed by atoms with Crippen molar-refractivity contribution in [1.82, 2.24) is 4.98 Å². The molecule has 0 spiro atoms. The van der Waals surface area contributed by atoms with Crippen LogP contribution in [-0.2, 0) is 0 Å². The predicted octanol–water partition coefficient (Wildman–Crippen LogP) is 3.89. The van der Waals surface area contributed by atoms with E-state index in [1.165, 1.54) is 11.3 Å². The number of aryl methyl sites for hydroxylation is 1. The zero-order valence-electron chi connectivity index (χ0n) is 11.7. The second-order valence-electron chi connectivity index (χ2n) is 4.95. The first-order chi connectivity index (χ1) is 9.66. The zero-order valence-corrected chi connectivity index (χ0v) is 11.7. The Labute approximate surface area is 118 Å². The third-order valence-electron chi connectivity index (χ3n) is 3.58. The van der Waals surface area contributed by atoms with Crippen molar-refractivity contribution in [1.29, 1.82) is 0 Å². The number of hydrogen-bond acceptors (Lipinski definition) is 3. The molecule has 2 N–H and O–H groups in total. The van der Waals surface area contributed by atoms with Crippen LogP contribution in [0.25, 0.3) is 10.9 Å². The van der Waals surface area contributed by atoms with Crippen LogP contribution in [0.3, 0.4) is 0 Å². The number of hydrogen-bond donors (Lipinski definition) is 1. The lowest BCUT2D eigenvalue weighted by atomic mass is 10.1. The van der Waals surface area contributed by atoms with Crippen LogP contribution >= 0.6 is 0 Å². The number of aromatic nitrogens is 1. The summed E-state index contributed by atoms with van der Waals surface area (Å²) in [6, 6.07) is 16.2. The van der Waals surface area contributed by atoms with Crippen molar-refractivity contribution in [3.05, 3.63) is 60.3 Å². The third kappa shape index (κ3) is 2.07. The van der Waals surface area contributed by atoms with Gasteiger partial charge in [-0.2, -0.15) is 0 Å². The molecule has 1 heterocycles. The average molecular weight is 263 g/mol. The smallest absolute Gasteiger partial charge is 0.0743 e. The molecule has 0 aliphatic carbocycles. The number of rotatable bonds is 2. The molecule has 20 heavy (non-hydrogen) atoms. The molecule has 100 valence electrons. The fourth-order valence-corrected chi connectivity index (χ4v) is 2.51. The van der Waals surface area contributed by atoms with Gasteiger partial charge in [-0.25, -0.2) is 0 Å². The van der Waals surface area contributed by atoms with Gasteiger partial charge in [0.05, 0.1) is 11.2 Å². The van der Waals surface area contributed by atoms with Crippen molar-refractivity contribution in [2.75, 3.05) is 17.7 Å². The zero-order chi connectivity index (χ0) is 14.1. The van der Waals surface area contributed by atoms with E-state index in [2.05, 4.69) is 48.1 Å². The molecule has 0 aliphatic rings. The fourth-order valence-electron chi connectivity index (χ4n) is 2.51. The van der Waals surface area contributed by atoms with Crippen LogP contribution in [0.5, 0.6) is 0 Å². The van der Waals surface area contributed by atoms with E-state index in [4.69, 9.17) is 5.73 Å². The normalized spacial score (nSPS) is 10.7. The highest BCUT2D eigenvalue weighted by atomic mass is 15.1. The molecule has 3 aromatic rings. The Hall–Kier alpha value is -2.55. The Balaban J connectivity index is 2.17. The van der Waals surface area contributed by atoms with Crippen LogP contribution in [0.2, 0.25) is 0 Å². The van der Waals surface area contributed by atoms with Crippen molar-refractivity contribution >= 4 is 28.0 Å². The van der Waals surface area contributed by atoms with Gasteiger partial charge < -0.3 is 10.6 Å². The molecule has 0 radical (unpaired) electrons. The number of anilines is 3. The predicted molar refractivity (Wildman–Crippen MR) is 85.4 cm³/mol. The van der Waals surface area contributed by atoms with E-state index in [0.29, 0.717) is 0 Å². The highest BCUT2D eigenvalue weighted by molar-refractivity contribution is 5.95. The molecule has 0 fully saturated rings. The summed E-state index contributed by atoms with van der Waals surface area (Å²) in [6.07, 6.45) is 1.83. The maximum absolute atomic E-state index is 5.83. The second kappa shape index (κ2) is 4.85. The first kappa shape index (κ1) is 12.5. The number of nitrogens with zero attached hydrogens (tertiary/aromatic N) is 2. The molecule has 3 nitrogen and oxygen atoms in total. The first-order valence-corrected chi connectivity index (χ1v) is 6.60. The molecule has 0 saturated heterocycles. The van der Waals surface area contributed by atoms with E-state index in [9.17, 15) is 0 Å². The minimum absolute atomic E-state index is 0.737. The molecule has 0 atom stereocenters. The topological polar surface area (TPSA) is 42.2 Å². The molecule has 0 bridgehead atoms. The van der Waals surface area contributed by atoms with Crippen LogP contribution in [0.4, 0.5) is 17.1 Å². The van der Waals surface area contributed by atoms with E-state index in [1.54, 1.807) is 0 Å². The van der Waals surface area contributed by atoms with Crippen LogP contribution in [0, 0.1) is 6.92 Å². The second-order valence-corrected chi connectivity index (χ2v) is 4.95. The highest BCUT2D eigenvalue weighted by Gasteiger charge is 2.10. The van der Waals surface area contributed by atoms with Gasteiger partial charge in [0.25, 0.3) is 0 Å². The summed E-state index contributed by atoms with van der Waals surface area (Å²) in [5.41, 5.74) is 11.1. The van der Waals surface area contributed by atoms with E-state index < -0.39 is 0 Å². The van der Waals surface area contributed by atoms with Gasteiger partial charge in [-0.3, -0.25) is 4.98 Å². The van der Waals surface area contributed by atoms with Crippen LogP contribution in [-0.4, -0.2) is 12.0 Å². The number of para-hydroxylation sites is 1. The Kier molecular flexibility index (Phi) is 3.03. The van der Waals surface area contributed by atoms with Gasteiger partial charge in [0, 0.05) is 30.0 Å². The molecular weight excluding hydrogens is 246 g/mol. The van der Waals surface area contributed by atoms with Crippen molar-refractivity contribution in [2.45, 2.75) is 6.92 Å². The standard InChI is InChI=1S/C17H17N3/c1-12-5-3-4-6-16(12)20(2)17-9-10-19-15-11-13(18)7-8-14(15)17/h3-11H,18H2,1-2H3.